The van der Waals surface area contributed by atoms with Crippen LogP contribution in [0.4, 0.5) is 0 Å². The molecular weight excluding hydrogens is 352 g/mol. The van der Waals surface area contributed by atoms with E-state index in [1.54, 1.807) is 54.8 Å². The van der Waals surface area contributed by atoms with Crippen LogP contribution in [0, 0.1) is 11.3 Å². The number of hydrogen-bond acceptors (Lipinski definition) is 5. The first-order valence-electron chi connectivity index (χ1n) is 8.48. The summed E-state index contributed by atoms with van der Waals surface area (Å²) >= 11 is 0. The Labute approximate surface area is 160 Å². The molecule has 2 N–H and O–H groups in total. The minimum atomic E-state index is -0.483. The first kappa shape index (κ1) is 17.2. The van der Waals surface area contributed by atoms with Crippen molar-refractivity contribution in [2.45, 2.75) is 0 Å². The lowest BCUT2D eigenvalue weighted by Crippen LogP contribution is -2.10. The summed E-state index contributed by atoms with van der Waals surface area (Å²) in [4.78, 5) is 20.5. The molecule has 0 aliphatic carbocycles. The summed E-state index contributed by atoms with van der Waals surface area (Å²) in [5, 5.41) is 9.00. The van der Waals surface area contributed by atoms with Crippen molar-refractivity contribution in [3.63, 3.8) is 0 Å². The summed E-state index contributed by atoms with van der Waals surface area (Å²) in [6, 6.07) is 21.6. The zero-order valence-corrected chi connectivity index (χ0v) is 14.7. The lowest BCUT2D eigenvalue weighted by Gasteiger charge is -2.08. The second kappa shape index (κ2) is 7.17. The second-order valence-corrected chi connectivity index (χ2v) is 6.07. The minimum absolute atomic E-state index is 0.427. The molecule has 28 heavy (non-hydrogen) atoms. The van der Waals surface area contributed by atoms with Crippen molar-refractivity contribution in [2.75, 3.05) is 0 Å². The molecule has 0 unspecified atom stereocenters. The van der Waals surface area contributed by atoms with Crippen LogP contribution in [0.15, 0.2) is 77.4 Å². The lowest BCUT2D eigenvalue weighted by atomic mass is 10.0. The predicted molar refractivity (Wildman–Crippen MR) is 104 cm³/mol. The average molecular weight is 366 g/mol. The third-order valence-corrected chi connectivity index (χ3v) is 4.24. The minimum Gasteiger partial charge on any atom is -0.461 e. The smallest absolute Gasteiger partial charge is 0.248 e. The van der Waals surface area contributed by atoms with Crippen LogP contribution in [0.3, 0.4) is 0 Å². The van der Waals surface area contributed by atoms with E-state index in [-0.39, 0.29) is 0 Å². The molecular formula is C22H14N4O2. The van der Waals surface area contributed by atoms with Gasteiger partial charge in [-0.05, 0) is 42.5 Å². The number of amides is 1. The predicted octanol–water partition coefficient (Wildman–Crippen LogP) is 4.04. The summed E-state index contributed by atoms with van der Waals surface area (Å²) in [5.74, 6) is 0.509. The van der Waals surface area contributed by atoms with Crippen LogP contribution in [-0.4, -0.2) is 15.9 Å². The Morgan fingerprint density at radius 2 is 1.54 bits per heavy atom. The number of primary amides is 1. The highest BCUT2D eigenvalue weighted by atomic mass is 16.3. The van der Waals surface area contributed by atoms with Crippen LogP contribution in [-0.2, 0) is 0 Å². The molecule has 2 aromatic heterocycles. The molecule has 0 bridgehead atoms. The van der Waals surface area contributed by atoms with Gasteiger partial charge in [-0.2, -0.15) is 5.26 Å². The number of nitrogens with zero attached hydrogens (tertiary/aromatic N) is 3. The zero-order chi connectivity index (χ0) is 19.5. The third-order valence-electron chi connectivity index (χ3n) is 4.24. The van der Waals surface area contributed by atoms with E-state index < -0.39 is 5.91 Å². The Morgan fingerprint density at radius 3 is 2.04 bits per heavy atom. The molecule has 0 spiro atoms. The maximum atomic E-state index is 11.3. The largest absolute Gasteiger partial charge is 0.461 e. The second-order valence-electron chi connectivity index (χ2n) is 6.07. The Hall–Kier alpha value is -4.24. The fourth-order valence-electron chi connectivity index (χ4n) is 2.78. The molecule has 4 aromatic rings. The summed E-state index contributed by atoms with van der Waals surface area (Å²) in [5.41, 5.74) is 9.36. The number of carbonyl (C=O) groups excluding carboxylic acids is 1. The van der Waals surface area contributed by atoms with Gasteiger partial charge in [0.05, 0.1) is 29.3 Å². The molecule has 6 heteroatoms. The molecule has 0 atom stereocenters. The van der Waals surface area contributed by atoms with Gasteiger partial charge < -0.3 is 10.2 Å². The average Bonchev–Trinajstić information content (AvgIpc) is 3.28. The van der Waals surface area contributed by atoms with E-state index in [0.717, 1.165) is 11.1 Å². The number of hydrogen-bond donors (Lipinski definition) is 1. The quantitative estimate of drug-likeness (QED) is 0.587. The topological polar surface area (TPSA) is 106 Å². The maximum Gasteiger partial charge on any atom is 0.248 e. The molecule has 0 aliphatic rings. The molecule has 0 aliphatic heterocycles. The van der Waals surface area contributed by atoms with Gasteiger partial charge >= 0.3 is 0 Å². The highest BCUT2D eigenvalue weighted by Gasteiger charge is 2.12. The number of rotatable bonds is 4. The standard InChI is InChI=1S/C22H14N4O2/c23-13-14-3-5-15(6-4-14)18-12-19(16-7-9-17(10-8-16)21(24)27)26-22(25-18)20-2-1-11-28-20/h1-12H,(H2,24,27). The molecule has 1 amide bonds. The van der Waals surface area contributed by atoms with Gasteiger partial charge in [0, 0.05) is 16.7 Å². The van der Waals surface area contributed by atoms with Gasteiger partial charge in [0.15, 0.2) is 11.6 Å². The number of nitrogens with two attached hydrogens (primary N) is 1. The van der Waals surface area contributed by atoms with Crippen LogP contribution in [0.25, 0.3) is 34.1 Å². The summed E-state index contributed by atoms with van der Waals surface area (Å²) in [6.07, 6.45) is 1.56. The van der Waals surface area contributed by atoms with Crippen molar-refractivity contribution in [3.8, 4) is 40.2 Å². The van der Waals surface area contributed by atoms with Gasteiger partial charge in [-0.15, -0.1) is 0 Å². The van der Waals surface area contributed by atoms with E-state index in [1.807, 2.05) is 18.2 Å². The van der Waals surface area contributed by atoms with Gasteiger partial charge in [-0.25, -0.2) is 9.97 Å². The highest BCUT2D eigenvalue weighted by Crippen LogP contribution is 2.28. The molecule has 2 heterocycles. The van der Waals surface area contributed by atoms with Crippen LogP contribution < -0.4 is 5.73 Å². The van der Waals surface area contributed by atoms with Crippen LogP contribution in [0.2, 0.25) is 0 Å². The van der Waals surface area contributed by atoms with Gasteiger partial charge in [0.1, 0.15) is 0 Å². The van der Waals surface area contributed by atoms with E-state index >= 15 is 0 Å². The SMILES string of the molecule is N#Cc1ccc(-c2cc(-c3ccc(C(N)=O)cc3)nc(-c3ccco3)n2)cc1. The van der Waals surface area contributed by atoms with Gasteiger partial charge in [-0.1, -0.05) is 24.3 Å². The fraction of sp³-hybridized carbons (Fsp3) is 0. The fourth-order valence-corrected chi connectivity index (χ4v) is 2.78. The van der Waals surface area contributed by atoms with Crippen molar-refractivity contribution in [3.05, 3.63) is 84.1 Å². The molecule has 0 radical (unpaired) electrons. The summed E-state index contributed by atoms with van der Waals surface area (Å²) in [6.45, 7) is 0. The van der Waals surface area contributed by atoms with E-state index in [2.05, 4.69) is 16.0 Å². The molecule has 0 saturated heterocycles. The van der Waals surface area contributed by atoms with E-state index in [0.29, 0.717) is 34.1 Å². The van der Waals surface area contributed by atoms with Crippen molar-refractivity contribution in [1.82, 2.24) is 9.97 Å². The number of aromatic nitrogens is 2. The highest BCUT2D eigenvalue weighted by molar-refractivity contribution is 5.93. The van der Waals surface area contributed by atoms with Gasteiger partial charge in [0.25, 0.3) is 0 Å². The van der Waals surface area contributed by atoms with Gasteiger partial charge in [0.2, 0.25) is 5.91 Å². The molecule has 6 nitrogen and oxygen atoms in total. The number of benzene rings is 2. The number of nitriles is 1. The van der Waals surface area contributed by atoms with Gasteiger partial charge in [-0.3, -0.25) is 4.79 Å². The van der Waals surface area contributed by atoms with Crippen molar-refractivity contribution >= 4 is 5.91 Å². The summed E-state index contributed by atoms with van der Waals surface area (Å²) in [7, 11) is 0. The summed E-state index contributed by atoms with van der Waals surface area (Å²) < 4.78 is 5.46. The Balaban J connectivity index is 1.84. The molecule has 0 fully saturated rings. The van der Waals surface area contributed by atoms with E-state index in [9.17, 15) is 4.79 Å². The van der Waals surface area contributed by atoms with Crippen molar-refractivity contribution in [2.24, 2.45) is 5.73 Å². The molecule has 2 aromatic carbocycles. The number of furan rings is 1. The van der Waals surface area contributed by atoms with Crippen molar-refractivity contribution < 1.29 is 9.21 Å². The zero-order valence-electron chi connectivity index (χ0n) is 14.7. The third kappa shape index (κ3) is 3.37. The molecule has 0 saturated carbocycles. The Bertz CT molecular complexity index is 1170. The molecule has 4 rings (SSSR count). The van der Waals surface area contributed by atoms with Crippen molar-refractivity contribution in [1.29, 1.82) is 5.26 Å². The first-order chi connectivity index (χ1) is 13.6. The van der Waals surface area contributed by atoms with Crippen LogP contribution >= 0.6 is 0 Å². The Morgan fingerprint density at radius 1 is 0.929 bits per heavy atom. The van der Waals surface area contributed by atoms with E-state index in [4.69, 9.17) is 15.4 Å². The van der Waals surface area contributed by atoms with Crippen LogP contribution in [0.5, 0.6) is 0 Å². The normalized spacial score (nSPS) is 10.4. The number of carbonyl (C=O) groups is 1. The molecule has 134 valence electrons. The Kier molecular flexibility index (Phi) is 4.40. The maximum absolute atomic E-state index is 11.3. The van der Waals surface area contributed by atoms with E-state index in [1.165, 1.54) is 0 Å². The monoisotopic (exact) mass is 366 g/mol. The van der Waals surface area contributed by atoms with Crippen LogP contribution in [0.1, 0.15) is 15.9 Å². The first-order valence-corrected chi connectivity index (χ1v) is 8.48. The lowest BCUT2D eigenvalue weighted by molar-refractivity contribution is 0.100.